The smallest absolute Gasteiger partial charge is 0.434 e. The summed E-state index contributed by atoms with van der Waals surface area (Å²) >= 11 is 3.34. The van der Waals surface area contributed by atoms with Gasteiger partial charge in [0.05, 0.1) is 12.7 Å². The zero-order valence-electron chi connectivity index (χ0n) is 13.6. The highest BCUT2D eigenvalue weighted by atomic mass is 79.9. The Morgan fingerprint density at radius 2 is 1.83 bits per heavy atom. The van der Waals surface area contributed by atoms with E-state index in [1.54, 1.807) is 26.8 Å². The summed E-state index contributed by atoms with van der Waals surface area (Å²) in [7, 11) is 1.32. The molecular formula is C16H17BrF4N2O. The van der Waals surface area contributed by atoms with E-state index in [-0.39, 0.29) is 28.0 Å². The highest BCUT2D eigenvalue weighted by Gasteiger charge is 2.36. The average Bonchev–Trinajstić information content (AvgIpc) is 2.91. The first-order valence-electron chi connectivity index (χ1n) is 7.24. The molecule has 1 heterocycles. The second-order valence-electron chi connectivity index (χ2n) is 5.61. The van der Waals surface area contributed by atoms with Gasteiger partial charge in [0.1, 0.15) is 5.82 Å². The number of hydrogen-bond acceptors (Lipinski definition) is 2. The third kappa shape index (κ3) is 3.43. The maximum atomic E-state index is 14.8. The van der Waals surface area contributed by atoms with Crippen molar-refractivity contribution in [3.05, 3.63) is 35.4 Å². The van der Waals surface area contributed by atoms with E-state index in [0.717, 1.165) is 6.20 Å². The van der Waals surface area contributed by atoms with E-state index in [4.69, 9.17) is 4.74 Å². The van der Waals surface area contributed by atoms with Crippen LogP contribution in [-0.4, -0.2) is 16.7 Å². The first kappa shape index (κ1) is 18.8. The Hall–Kier alpha value is -1.57. The van der Waals surface area contributed by atoms with E-state index in [9.17, 15) is 17.6 Å². The minimum absolute atomic E-state index is 0.0104. The number of aromatic nitrogens is 2. The summed E-state index contributed by atoms with van der Waals surface area (Å²) < 4.78 is 60.2. The van der Waals surface area contributed by atoms with Gasteiger partial charge < -0.3 is 9.30 Å². The van der Waals surface area contributed by atoms with Gasteiger partial charge in [0.2, 0.25) is 0 Å². The summed E-state index contributed by atoms with van der Waals surface area (Å²) in [5.74, 6) is -0.826. The van der Waals surface area contributed by atoms with Gasteiger partial charge in [0, 0.05) is 22.6 Å². The van der Waals surface area contributed by atoms with E-state index < -0.39 is 17.7 Å². The van der Waals surface area contributed by atoms with Crippen molar-refractivity contribution in [2.24, 2.45) is 0 Å². The Morgan fingerprint density at radius 1 is 1.21 bits per heavy atom. The SMILES string of the molecule is COc1c(C(C)Br)ccc(-c2nc(C(F)(F)F)cn2C(C)C)c1F. The molecule has 0 aliphatic carbocycles. The number of nitrogens with zero attached hydrogens (tertiary/aromatic N) is 2. The van der Waals surface area contributed by atoms with Gasteiger partial charge in [0.15, 0.2) is 17.3 Å². The van der Waals surface area contributed by atoms with Crippen LogP contribution in [0.4, 0.5) is 17.6 Å². The molecule has 1 unspecified atom stereocenters. The van der Waals surface area contributed by atoms with Gasteiger partial charge in [0.25, 0.3) is 0 Å². The molecule has 0 aliphatic rings. The van der Waals surface area contributed by atoms with Crippen molar-refractivity contribution in [1.29, 1.82) is 0 Å². The maximum absolute atomic E-state index is 14.8. The topological polar surface area (TPSA) is 27.1 Å². The van der Waals surface area contributed by atoms with Crippen LogP contribution in [0.1, 0.15) is 42.9 Å². The molecule has 0 amide bonds. The molecule has 24 heavy (non-hydrogen) atoms. The molecule has 0 saturated heterocycles. The second-order valence-corrected chi connectivity index (χ2v) is 6.99. The lowest BCUT2D eigenvalue weighted by Gasteiger charge is -2.16. The Bertz CT molecular complexity index is 738. The van der Waals surface area contributed by atoms with E-state index in [2.05, 4.69) is 20.9 Å². The van der Waals surface area contributed by atoms with Crippen molar-refractivity contribution in [2.75, 3.05) is 7.11 Å². The normalized spacial score (nSPS) is 13.4. The Labute approximate surface area is 145 Å². The summed E-state index contributed by atoms with van der Waals surface area (Å²) in [5, 5.41) is 0. The maximum Gasteiger partial charge on any atom is 0.434 e. The number of alkyl halides is 4. The first-order valence-corrected chi connectivity index (χ1v) is 8.16. The van der Waals surface area contributed by atoms with E-state index in [1.165, 1.54) is 17.7 Å². The standard InChI is InChI=1S/C16H17BrF4N2O/c1-8(2)23-7-12(16(19,20)21)22-15(23)11-6-5-10(9(3)17)14(24-4)13(11)18/h5-9H,1-4H3. The number of halogens is 5. The molecule has 132 valence electrons. The fraction of sp³-hybridized carbons (Fsp3) is 0.438. The molecule has 8 heteroatoms. The fourth-order valence-corrected chi connectivity index (χ4v) is 2.75. The summed E-state index contributed by atoms with van der Waals surface area (Å²) in [6, 6.07) is 2.72. The zero-order valence-corrected chi connectivity index (χ0v) is 15.2. The lowest BCUT2D eigenvalue weighted by molar-refractivity contribution is -0.140. The number of imidazole rings is 1. The fourth-order valence-electron chi connectivity index (χ4n) is 2.39. The van der Waals surface area contributed by atoms with Crippen LogP contribution in [0.5, 0.6) is 5.75 Å². The van der Waals surface area contributed by atoms with Crippen LogP contribution in [0.25, 0.3) is 11.4 Å². The summed E-state index contributed by atoms with van der Waals surface area (Å²) in [6.45, 7) is 5.21. The van der Waals surface area contributed by atoms with Crippen molar-refractivity contribution in [3.8, 4) is 17.1 Å². The molecule has 1 aromatic heterocycles. The number of hydrogen-bond donors (Lipinski definition) is 0. The Kier molecular flexibility index (Phi) is 5.27. The Balaban J connectivity index is 2.70. The van der Waals surface area contributed by atoms with E-state index in [1.807, 2.05) is 0 Å². The van der Waals surface area contributed by atoms with E-state index in [0.29, 0.717) is 5.56 Å². The van der Waals surface area contributed by atoms with Gasteiger partial charge in [-0.05, 0) is 26.8 Å². The molecule has 0 spiro atoms. The van der Waals surface area contributed by atoms with E-state index >= 15 is 0 Å². The minimum Gasteiger partial charge on any atom is -0.493 e. The molecule has 1 atom stereocenters. The van der Waals surface area contributed by atoms with Crippen LogP contribution in [0.3, 0.4) is 0 Å². The molecule has 2 rings (SSSR count). The molecule has 0 aliphatic heterocycles. The van der Waals surface area contributed by atoms with Crippen LogP contribution in [-0.2, 0) is 6.18 Å². The average molecular weight is 409 g/mol. The van der Waals surface area contributed by atoms with Gasteiger partial charge in [-0.2, -0.15) is 13.2 Å². The molecule has 0 fully saturated rings. The first-order chi connectivity index (χ1) is 11.1. The summed E-state index contributed by atoms with van der Waals surface area (Å²) in [6.07, 6.45) is -3.70. The van der Waals surface area contributed by atoms with Crippen molar-refractivity contribution in [1.82, 2.24) is 9.55 Å². The second kappa shape index (κ2) is 6.74. The van der Waals surface area contributed by atoms with Crippen LogP contribution in [0, 0.1) is 5.82 Å². The number of rotatable bonds is 4. The van der Waals surface area contributed by atoms with Gasteiger partial charge in [-0.3, -0.25) is 0 Å². The molecule has 0 N–H and O–H groups in total. The lowest BCUT2D eigenvalue weighted by atomic mass is 10.1. The van der Waals surface area contributed by atoms with Crippen molar-refractivity contribution in [2.45, 2.75) is 37.8 Å². The van der Waals surface area contributed by atoms with Crippen LogP contribution < -0.4 is 4.74 Å². The largest absolute Gasteiger partial charge is 0.493 e. The predicted molar refractivity (Wildman–Crippen MR) is 86.9 cm³/mol. The van der Waals surface area contributed by atoms with Gasteiger partial charge in [-0.15, -0.1) is 0 Å². The number of benzene rings is 1. The molecule has 0 radical (unpaired) electrons. The van der Waals surface area contributed by atoms with Gasteiger partial charge in [-0.25, -0.2) is 9.37 Å². The highest BCUT2D eigenvalue weighted by Crippen LogP contribution is 2.39. The molecule has 0 saturated carbocycles. The van der Waals surface area contributed by atoms with Crippen LogP contribution in [0.15, 0.2) is 18.3 Å². The Morgan fingerprint density at radius 3 is 2.29 bits per heavy atom. The molecule has 0 bridgehead atoms. The zero-order chi connectivity index (χ0) is 18.2. The van der Waals surface area contributed by atoms with Crippen LogP contribution in [0.2, 0.25) is 0 Å². The number of methoxy groups -OCH3 is 1. The summed E-state index contributed by atoms with van der Waals surface area (Å²) in [5.41, 5.74) is -0.520. The third-order valence-electron chi connectivity index (χ3n) is 3.58. The van der Waals surface area contributed by atoms with Crippen molar-refractivity contribution < 1.29 is 22.3 Å². The molecule has 3 nitrogen and oxygen atoms in total. The highest BCUT2D eigenvalue weighted by molar-refractivity contribution is 9.09. The number of ether oxygens (including phenoxy) is 1. The van der Waals surface area contributed by atoms with Crippen molar-refractivity contribution in [3.63, 3.8) is 0 Å². The van der Waals surface area contributed by atoms with Crippen molar-refractivity contribution >= 4 is 15.9 Å². The molecule has 2 aromatic rings. The predicted octanol–water partition coefficient (Wildman–Crippen LogP) is 5.75. The quantitative estimate of drug-likeness (QED) is 0.475. The lowest BCUT2D eigenvalue weighted by Crippen LogP contribution is -2.05. The third-order valence-corrected chi connectivity index (χ3v) is 4.07. The monoisotopic (exact) mass is 408 g/mol. The van der Waals surface area contributed by atoms with Gasteiger partial charge >= 0.3 is 6.18 Å². The van der Waals surface area contributed by atoms with Gasteiger partial charge in [-0.1, -0.05) is 22.0 Å². The molecular weight excluding hydrogens is 392 g/mol. The molecule has 1 aromatic carbocycles. The van der Waals surface area contributed by atoms with Crippen LogP contribution >= 0.6 is 15.9 Å². The summed E-state index contributed by atoms with van der Waals surface area (Å²) in [4.78, 5) is 3.44. The minimum atomic E-state index is -4.60.